The second-order valence-corrected chi connectivity index (χ2v) is 3.86. The van der Waals surface area contributed by atoms with Crippen LogP contribution in [0.2, 0.25) is 0 Å². The summed E-state index contributed by atoms with van der Waals surface area (Å²) in [4.78, 5) is 16.2. The van der Waals surface area contributed by atoms with Gasteiger partial charge in [0.15, 0.2) is 0 Å². The predicted molar refractivity (Wildman–Crippen MR) is 60.5 cm³/mol. The fourth-order valence-corrected chi connectivity index (χ4v) is 1.59. The monoisotopic (exact) mass is 316 g/mol. The van der Waals surface area contributed by atoms with Crippen molar-refractivity contribution in [3.8, 4) is 0 Å². The Kier molecular flexibility index (Phi) is 25.2. The van der Waals surface area contributed by atoms with Crippen LogP contribution in [0.5, 0.6) is 0 Å². The molecule has 0 amide bonds. The Bertz CT molecular complexity index is 172. The SMILES string of the molecule is O=[PH](O)OC(Cl)(Cl)O[PH](=O)O.[NaH].[NaH].[NaH]. The summed E-state index contributed by atoms with van der Waals surface area (Å²) in [6.07, 6.45) is 0. The predicted octanol–water partition coefficient (Wildman–Crippen LogP) is -1.07. The van der Waals surface area contributed by atoms with Crippen LogP contribution in [0.3, 0.4) is 0 Å². The van der Waals surface area contributed by atoms with E-state index in [1.54, 1.807) is 0 Å². The minimum absolute atomic E-state index is 0. The van der Waals surface area contributed by atoms with Gasteiger partial charge in [0.25, 0.3) is 0 Å². The molecule has 0 saturated heterocycles. The molecular formula is CH7Cl2Na3O6P2. The molecule has 0 radical (unpaired) electrons. The van der Waals surface area contributed by atoms with Gasteiger partial charge in [-0.05, 0) is 23.2 Å². The molecule has 2 atom stereocenters. The van der Waals surface area contributed by atoms with Crippen molar-refractivity contribution in [1.82, 2.24) is 0 Å². The maximum absolute atomic E-state index is 9.94. The van der Waals surface area contributed by atoms with Crippen molar-refractivity contribution in [3.05, 3.63) is 0 Å². The maximum atomic E-state index is 9.94. The van der Waals surface area contributed by atoms with Crippen molar-refractivity contribution in [2.24, 2.45) is 0 Å². The Morgan fingerprint density at radius 3 is 1.29 bits per heavy atom. The van der Waals surface area contributed by atoms with E-state index in [1.807, 2.05) is 0 Å². The molecule has 2 unspecified atom stereocenters. The number of hydrogen-bond donors (Lipinski definition) is 2. The summed E-state index contributed by atoms with van der Waals surface area (Å²) in [6.45, 7) is 0. The van der Waals surface area contributed by atoms with Crippen LogP contribution in [-0.4, -0.2) is 103 Å². The number of hydrogen-bond acceptors (Lipinski definition) is 4. The van der Waals surface area contributed by atoms with Crippen molar-refractivity contribution in [1.29, 1.82) is 0 Å². The van der Waals surface area contributed by atoms with Crippen LogP contribution in [0.25, 0.3) is 0 Å². The quantitative estimate of drug-likeness (QED) is 0.297. The van der Waals surface area contributed by atoms with E-state index in [9.17, 15) is 9.13 Å². The van der Waals surface area contributed by atoms with Crippen LogP contribution in [0.4, 0.5) is 0 Å². The van der Waals surface area contributed by atoms with Gasteiger partial charge in [0, 0.05) is 0 Å². The van der Waals surface area contributed by atoms with Crippen molar-refractivity contribution >= 4 is 128 Å². The zero-order chi connectivity index (χ0) is 9.07. The van der Waals surface area contributed by atoms with Gasteiger partial charge >= 0.3 is 110 Å². The van der Waals surface area contributed by atoms with Gasteiger partial charge in [-0.3, -0.25) is 9.13 Å². The first-order chi connectivity index (χ1) is 4.83. The van der Waals surface area contributed by atoms with Gasteiger partial charge in [-0.25, -0.2) is 9.05 Å². The Balaban J connectivity index is -0.000000167. The van der Waals surface area contributed by atoms with Crippen molar-refractivity contribution < 1.29 is 28.0 Å². The molecule has 0 aromatic carbocycles. The molecule has 0 aliphatic heterocycles. The summed E-state index contributed by atoms with van der Waals surface area (Å²) in [5, 5.41) is 0. The Hall–Kier alpha value is 3.88. The van der Waals surface area contributed by atoms with Crippen molar-refractivity contribution in [2.45, 2.75) is 4.71 Å². The normalized spacial score (nSPS) is 14.0. The van der Waals surface area contributed by atoms with Crippen LogP contribution in [0, 0.1) is 0 Å². The van der Waals surface area contributed by atoms with E-state index in [0.717, 1.165) is 0 Å². The van der Waals surface area contributed by atoms with Crippen LogP contribution >= 0.6 is 39.7 Å². The van der Waals surface area contributed by atoms with E-state index in [0.29, 0.717) is 0 Å². The standard InChI is InChI=1S/CH4Cl2O6P2.3Na.3H/c2-1(3,8-10(4)5)9-11(6)7;;;;;;/h10-11H,(H,4,5)(H,6,7);;;;;;. The number of alkyl halides is 2. The van der Waals surface area contributed by atoms with E-state index < -0.39 is 21.2 Å². The van der Waals surface area contributed by atoms with Crippen LogP contribution in [0.1, 0.15) is 0 Å². The fraction of sp³-hybridized carbons (Fsp3) is 1.00. The van der Waals surface area contributed by atoms with E-state index in [-0.39, 0.29) is 88.7 Å². The molecule has 0 rings (SSSR count). The molecule has 0 heterocycles. The summed E-state index contributed by atoms with van der Waals surface area (Å²) < 4.78 is 25.0. The van der Waals surface area contributed by atoms with Crippen LogP contribution in [0.15, 0.2) is 0 Å². The van der Waals surface area contributed by atoms with E-state index in [4.69, 9.17) is 33.0 Å². The Morgan fingerprint density at radius 1 is 0.929 bits per heavy atom. The van der Waals surface area contributed by atoms with Gasteiger partial charge in [-0.15, -0.1) is 0 Å². The summed E-state index contributed by atoms with van der Waals surface area (Å²) in [7, 11) is -6.82. The number of halogens is 2. The molecular weight excluding hydrogens is 310 g/mol. The van der Waals surface area contributed by atoms with Crippen molar-refractivity contribution in [2.75, 3.05) is 0 Å². The topological polar surface area (TPSA) is 93.1 Å². The summed E-state index contributed by atoms with van der Waals surface area (Å²) in [5.41, 5.74) is 0. The van der Waals surface area contributed by atoms with Gasteiger partial charge in [-0.2, -0.15) is 0 Å². The summed E-state index contributed by atoms with van der Waals surface area (Å²) in [6, 6.07) is 0. The molecule has 0 fully saturated rings. The first-order valence-corrected chi connectivity index (χ1v) is 5.33. The van der Waals surface area contributed by atoms with Crippen LogP contribution < -0.4 is 0 Å². The zero-order valence-electron chi connectivity index (χ0n) is 4.78. The second-order valence-electron chi connectivity index (χ2n) is 1.20. The summed E-state index contributed by atoms with van der Waals surface area (Å²) in [5.74, 6) is 0. The Labute approximate surface area is 158 Å². The van der Waals surface area contributed by atoms with Crippen molar-refractivity contribution in [3.63, 3.8) is 0 Å². The summed E-state index contributed by atoms with van der Waals surface area (Å²) >= 11 is 9.96. The third-order valence-corrected chi connectivity index (χ3v) is 2.16. The molecule has 0 aliphatic carbocycles. The molecule has 0 bridgehead atoms. The third kappa shape index (κ3) is 18.3. The molecule has 14 heavy (non-hydrogen) atoms. The Morgan fingerprint density at radius 2 is 1.14 bits per heavy atom. The van der Waals surface area contributed by atoms with Crippen LogP contribution in [-0.2, 0) is 18.2 Å². The first kappa shape index (κ1) is 26.4. The molecule has 0 aromatic heterocycles. The zero-order valence-corrected chi connectivity index (χ0v) is 8.30. The molecule has 0 saturated carbocycles. The number of rotatable bonds is 4. The average molecular weight is 317 g/mol. The van der Waals surface area contributed by atoms with Gasteiger partial charge in [0.05, 0.1) is 0 Å². The fourth-order valence-electron chi connectivity index (χ4n) is 0.224. The molecule has 2 N–H and O–H groups in total. The van der Waals surface area contributed by atoms with Gasteiger partial charge < -0.3 is 9.79 Å². The average Bonchev–Trinajstić information content (AvgIpc) is 1.53. The van der Waals surface area contributed by atoms with E-state index in [1.165, 1.54) is 0 Å². The van der Waals surface area contributed by atoms with E-state index in [2.05, 4.69) is 9.05 Å². The molecule has 6 nitrogen and oxygen atoms in total. The first-order valence-electron chi connectivity index (χ1n) is 2.05. The molecule has 0 aliphatic rings. The van der Waals surface area contributed by atoms with Gasteiger partial charge in [0.1, 0.15) is 0 Å². The van der Waals surface area contributed by atoms with E-state index >= 15 is 0 Å². The molecule has 13 heteroatoms. The van der Waals surface area contributed by atoms with Gasteiger partial charge in [0.2, 0.25) is 0 Å². The molecule has 0 spiro atoms. The minimum atomic E-state index is -3.41. The second kappa shape index (κ2) is 13.3. The molecule has 74 valence electrons. The third-order valence-electron chi connectivity index (χ3n) is 0.412. The molecule has 0 aromatic rings. The van der Waals surface area contributed by atoms with Gasteiger partial charge in [-0.1, -0.05) is 0 Å².